The summed E-state index contributed by atoms with van der Waals surface area (Å²) in [6, 6.07) is 0.0690. The SMILES string of the molecule is CNc1cnc(C(=O)N2CC(C)OCC2C)cn1. The summed E-state index contributed by atoms with van der Waals surface area (Å²) in [4.78, 5) is 22.3. The van der Waals surface area contributed by atoms with Crippen LogP contribution >= 0.6 is 0 Å². The van der Waals surface area contributed by atoms with Crippen molar-refractivity contribution < 1.29 is 9.53 Å². The maximum absolute atomic E-state index is 12.3. The Morgan fingerprint density at radius 3 is 2.83 bits per heavy atom. The molecule has 6 nitrogen and oxygen atoms in total. The third-order valence-electron chi connectivity index (χ3n) is 3.00. The molecule has 0 spiro atoms. The van der Waals surface area contributed by atoms with Crippen molar-refractivity contribution in [2.75, 3.05) is 25.5 Å². The van der Waals surface area contributed by atoms with E-state index < -0.39 is 0 Å². The lowest BCUT2D eigenvalue weighted by molar-refractivity contribution is -0.0389. The van der Waals surface area contributed by atoms with E-state index in [2.05, 4.69) is 15.3 Å². The Morgan fingerprint density at radius 2 is 2.22 bits per heavy atom. The molecule has 1 fully saturated rings. The highest BCUT2D eigenvalue weighted by Crippen LogP contribution is 2.14. The van der Waals surface area contributed by atoms with Gasteiger partial charge in [0.15, 0.2) is 0 Å². The van der Waals surface area contributed by atoms with Gasteiger partial charge in [0.05, 0.1) is 31.1 Å². The van der Waals surface area contributed by atoms with E-state index in [0.717, 1.165) is 0 Å². The summed E-state index contributed by atoms with van der Waals surface area (Å²) in [7, 11) is 1.76. The minimum atomic E-state index is -0.0900. The van der Waals surface area contributed by atoms with Crippen LogP contribution in [0.15, 0.2) is 12.4 Å². The second-order valence-corrected chi connectivity index (χ2v) is 4.49. The van der Waals surface area contributed by atoms with E-state index >= 15 is 0 Å². The predicted molar refractivity (Wildman–Crippen MR) is 67.5 cm³/mol. The molecule has 6 heteroatoms. The quantitative estimate of drug-likeness (QED) is 0.839. The molecule has 2 atom stereocenters. The number of anilines is 1. The van der Waals surface area contributed by atoms with Gasteiger partial charge in [-0.1, -0.05) is 0 Å². The van der Waals surface area contributed by atoms with Crippen molar-refractivity contribution in [1.82, 2.24) is 14.9 Å². The van der Waals surface area contributed by atoms with E-state index in [1.165, 1.54) is 6.20 Å². The molecule has 0 aliphatic carbocycles. The van der Waals surface area contributed by atoms with E-state index in [1.54, 1.807) is 18.1 Å². The number of carbonyl (C=O) groups excluding carboxylic acids is 1. The molecule has 1 aromatic heterocycles. The Kier molecular flexibility index (Phi) is 3.76. The number of carbonyl (C=O) groups is 1. The fourth-order valence-electron chi connectivity index (χ4n) is 1.90. The fraction of sp³-hybridized carbons (Fsp3) is 0.583. The normalized spacial score (nSPS) is 23.8. The molecule has 1 aliphatic heterocycles. The van der Waals surface area contributed by atoms with Crippen molar-refractivity contribution in [2.45, 2.75) is 26.0 Å². The van der Waals surface area contributed by atoms with Crippen molar-refractivity contribution in [2.24, 2.45) is 0 Å². The van der Waals surface area contributed by atoms with Crippen LogP contribution in [0.5, 0.6) is 0 Å². The Balaban J connectivity index is 2.13. The van der Waals surface area contributed by atoms with Gasteiger partial charge in [-0.25, -0.2) is 9.97 Å². The third-order valence-corrected chi connectivity index (χ3v) is 3.00. The summed E-state index contributed by atoms with van der Waals surface area (Å²) in [5, 5.41) is 2.87. The molecule has 1 aliphatic rings. The molecular weight excluding hydrogens is 232 g/mol. The molecule has 1 amide bonds. The van der Waals surface area contributed by atoms with Crippen LogP contribution in [-0.2, 0) is 4.74 Å². The van der Waals surface area contributed by atoms with Crippen LogP contribution in [0, 0.1) is 0 Å². The van der Waals surface area contributed by atoms with Crippen molar-refractivity contribution in [3.63, 3.8) is 0 Å². The van der Waals surface area contributed by atoms with E-state index in [4.69, 9.17) is 4.74 Å². The summed E-state index contributed by atoms with van der Waals surface area (Å²) < 4.78 is 5.50. The summed E-state index contributed by atoms with van der Waals surface area (Å²) >= 11 is 0. The number of aromatic nitrogens is 2. The van der Waals surface area contributed by atoms with Crippen LogP contribution in [0.25, 0.3) is 0 Å². The number of morpholine rings is 1. The highest BCUT2D eigenvalue weighted by atomic mass is 16.5. The molecule has 2 heterocycles. The van der Waals surface area contributed by atoms with Crippen LogP contribution in [-0.4, -0.2) is 53.1 Å². The van der Waals surface area contributed by atoms with Gasteiger partial charge in [0.2, 0.25) is 0 Å². The van der Waals surface area contributed by atoms with Gasteiger partial charge in [0, 0.05) is 13.6 Å². The van der Waals surface area contributed by atoms with Crippen LogP contribution in [0.2, 0.25) is 0 Å². The summed E-state index contributed by atoms with van der Waals surface area (Å²) in [6.07, 6.45) is 3.12. The van der Waals surface area contributed by atoms with Gasteiger partial charge < -0.3 is 15.0 Å². The molecule has 2 unspecified atom stereocenters. The largest absolute Gasteiger partial charge is 0.375 e. The van der Waals surface area contributed by atoms with E-state index in [-0.39, 0.29) is 18.1 Å². The number of nitrogens with one attached hydrogen (secondary N) is 1. The first kappa shape index (κ1) is 12.8. The number of ether oxygens (including phenoxy) is 1. The minimum absolute atomic E-state index is 0.0645. The molecule has 0 aromatic carbocycles. The van der Waals surface area contributed by atoms with Gasteiger partial charge in [-0.3, -0.25) is 4.79 Å². The standard InChI is InChI=1S/C12H18N4O2/c1-8-7-18-9(2)6-16(8)12(17)10-4-15-11(13-3)5-14-10/h4-5,8-9H,6-7H2,1-3H3,(H,13,15). The number of rotatable bonds is 2. The Labute approximate surface area is 106 Å². The minimum Gasteiger partial charge on any atom is -0.375 e. The highest BCUT2D eigenvalue weighted by molar-refractivity contribution is 5.92. The molecule has 1 N–H and O–H groups in total. The van der Waals surface area contributed by atoms with Gasteiger partial charge in [-0.2, -0.15) is 0 Å². The number of hydrogen-bond acceptors (Lipinski definition) is 5. The first-order chi connectivity index (χ1) is 8.61. The second-order valence-electron chi connectivity index (χ2n) is 4.49. The predicted octanol–water partition coefficient (Wildman–Crippen LogP) is 0.768. The van der Waals surface area contributed by atoms with E-state index in [1.807, 2.05) is 13.8 Å². The van der Waals surface area contributed by atoms with Crippen LogP contribution in [0.3, 0.4) is 0 Å². The highest BCUT2D eigenvalue weighted by Gasteiger charge is 2.28. The lowest BCUT2D eigenvalue weighted by Crippen LogP contribution is -2.50. The van der Waals surface area contributed by atoms with E-state index in [9.17, 15) is 4.79 Å². The van der Waals surface area contributed by atoms with Gasteiger partial charge in [-0.15, -0.1) is 0 Å². The summed E-state index contributed by atoms with van der Waals surface area (Å²) in [5.74, 6) is 0.558. The molecule has 0 bridgehead atoms. The van der Waals surface area contributed by atoms with Crippen molar-refractivity contribution in [3.05, 3.63) is 18.1 Å². The molecule has 1 aromatic rings. The van der Waals surface area contributed by atoms with Crippen LogP contribution < -0.4 is 5.32 Å². The average molecular weight is 250 g/mol. The zero-order valence-electron chi connectivity index (χ0n) is 10.9. The van der Waals surface area contributed by atoms with Gasteiger partial charge >= 0.3 is 0 Å². The number of nitrogens with zero attached hydrogens (tertiary/aromatic N) is 3. The summed E-state index contributed by atoms with van der Waals surface area (Å²) in [5.41, 5.74) is 0.370. The maximum atomic E-state index is 12.3. The monoisotopic (exact) mass is 250 g/mol. The Hall–Kier alpha value is -1.69. The van der Waals surface area contributed by atoms with Crippen molar-refractivity contribution in [1.29, 1.82) is 0 Å². The molecule has 0 saturated carbocycles. The fourth-order valence-corrected chi connectivity index (χ4v) is 1.90. The molecule has 2 rings (SSSR count). The van der Waals surface area contributed by atoms with Crippen LogP contribution in [0.4, 0.5) is 5.82 Å². The zero-order valence-corrected chi connectivity index (χ0v) is 10.9. The number of amides is 1. The lowest BCUT2D eigenvalue weighted by Gasteiger charge is -2.36. The maximum Gasteiger partial charge on any atom is 0.274 e. The number of hydrogen-bond donors (Lipinski definition) is 1. The third kappa shape index (κ3) is 2.59. The Bertz CT molecular complexity index is 421. The van der Waals surface area contributed by atoms with Crippen LogP contribution in [0.1, 0.15) is 24.3 Å². The van der Waals surface area contributed by atoms with Crippen molar-refractivity contribution in [3.8, 4) is 0 Å². The second kappa shape index (κ2) is 5.30. The molecule has 98 valence electrons. The van der Waals surface area contributed by atoms with Gasteiger partial charge in [0.25, 0.3) is 5.91 Å². The molecular formula is C12H18N4O2. The average Bonchev–Trinajstić information content (AvgIpc) is 2.41. The van der Waals surface area contributed by atoms with Gasteiger partial charge in [0.1, 0.15) is 11.5 Å². The van der Waals surface area contributed by atoms with E-state index in [0.29, 0.717) is 24.7 Å². The summed E-state index contributed by atoms with van der Waals surface area (Å²) in [6.45, 7) is 5.09. The van der Waals surface area contributed by atoms with Gasteiger partial charge in [-0.05, 0) is 13.8 Å². The lowest BCUT2D eigenvalue weighted by atomic mass is 10.2. The topological polar surface area (TPSA) is 67.4 Å². The van der Waals surface area contributed by atoms with Crippen molar-refractivity contribution >= 4 is 11.7 Å². The first-order valence-electron chi connectivity index (χ1n) is 6.04. The first-order valence-corrected chi connectivity index (χ1v) is 6.04. The Morgan fingerprint density at radius 1 is 1.44 bits per heavy atom. The zero-order chi connectivity index (χ0) is 13.1. The molecule has 1 saturated heterocycles. The molecule has 0 radical (unpaired) electrons. The smallest absolute Gasteiger partial charge is 0.274 e. The molecule has 18 heavy (non-hydrogen) atoms.